The van der Waals surface area contributed by atoms with Crippen molar-refractivity contribution in [2.45, 2.75) is 50.1 Å². The van der Waals surface area contributed by atoms with Crippen LogP contribution in [0.1, 0.15) is 44.6 Å². The minimum Gasteiger partial charge on any atom is -0.364 e. The molecule has 0 bridgehead atoms. The molecule has 0 radical (unpaired) electrons. The van der Waals surface area contributed by atoms with Crippen LogP contribution in [0, 0.1) is 0 Å². The van der Waals surface area contributed by atoms with Gasteiger partial charge >= 0.3 is 0 Å². The zero-order chi connectivity index (χ0) is 14.2. The summed E-state index contributed by atoms with van der Waals surface area (Å²) in [6.07, 6.45) is 10.7. The van der Waals surface area contributed by atoms with Crippen LogP contribution in [0.2, 0.25) is 0 Å². The Morgan fingerprint density at radius 2 is 2.10 bits per heavy atom. The summed E-state index contributed by atoms with van der Waals surface area (Å²) in [5.74, 6) is 0.507. The summed E-state index contributed by atoms with van der Waals surface area (Å²) in [5.41, 5.74) is 0.205. The van der Waals surface area contributed by atoms with Gasteiger partial charge in [0, 0.05) is 30.5 Å². The Morgan fingerprint density at radius 3 is 2.70 bits per heavy atom. The summed E-state index contributed by atoms with van der Waals surface area (Å²) >= 11 is 0. The lowest BCUT2D eigenvalue weighted by Gasteiger charge is -2.36. The highest BCUT2D eigenvalue weighted by atomic mass is 16.1. The van der Waals surface area contributed by atoms with Gasteiger partial charge in [0.15, 0.2) is 5.82 Å². The molecule has 0 spiro atoms. The van der Waals surface area contributed by atoms with E-state index in [0.29, 0.717) is 11.9 Å². The Balaban J connectivity index is 1.75. The number of likely N-dealkylation sites (N-methyl/N-ethyl adjacent to an activating group) is 1. The van der Waals surface area contributed by atoms with E-state index in [4.69, 9.17) is 0 Å². The molecule has 1 aromatic rings. The zero-order valence-corrected chi connectivity index (χ0v) is 12.4. The van der Waals surface area contributed by atoms with Crippen LogP contribution in [-0.4, -0.2) is 40.6 Å². The van der Waals surface area contributed by atoms with Gasteiger partial charge in [-0.25, -0.2) is 4.98 Å². The van der Waals surface area contributed by atoms with E-state index in [-0.39, 0.29) is 11.1 Å². The average Bonchev–Trinajstić information content (AvgIpc) is 3.15. The van der Waals surface area contributed by atoms with E-state index < -0.39 is 0 Å². The first kappa shape index (κ1) is 13.6. The van der Waals surface area contributed by atoms with Crippen molar-refractivity contribution >= 4 is 5.82 Å². The van der Waals surface area contributed by atoms with E-state index in [9.17, 15) is 4.79 Å². The molecular weight excluding hydrogens is 252 g/mol. The fourth-order valence-corrected chi connectivity index (χ4v) is 3.25. The van der Waals surface area contributed by atoms with Gasteiger partial charge in [-0.15, -0.1) is 0 Å². The molecule has 0 aliphatic heterocycles. The molecule has 0 atom stereocenters. The van der Waals surface area contributed by atoms with Gasteiger partial charge in [-0.1, -0.05) is 12.8 Å². The fraction of sp³-hybridized carbons (Fsp3) is 0.733. The lowest BCUT2D eigenvalue weighted by atomic mass is 9.96. The summed E-state index contributed by atoms with van der Waals surface area (Å²) in [4.78, 5) is 18.9. The van der Waals surface area contributed by atoms with E-state index in [1.54, 1.807) is 6.20 Å². The SMILES string of the molecule is CN(C)C1(CNc2nccn(C3CC3)c2=O)CCCC1. The third kappa shape index (κ3) is 2.46. The molecule has 2 aliphatic rings. The molecule has 3 rings (SSSR count). The molecule has 2 aliphatic carbocycles. The Labute approximate surface area is 120 Å². The van der Waals surface area contributed by atoms with E-state index in [2.05, 4.69) is 29.3 Å². The topological polar surface area (TPSA) is 50.2 Å². The lowest BCUT2D eigenvalue weighted by Crippen LogP contribution is -2.48. The number of nitrogens with zero attached hydrogens (tertiary/aromatic N) is 3. The number of hydrogen-bond donors (Lipinski definition) is 1. The molecule has 1 aromatic heterocycles. The van der Waals surface area contributed by atoms with E-state index >= 15 is 0 Å². The summed E-state index contributed by atoms with van der Waals surface area (Å²) in [7, 11) is 4.27. The number of rotatable bonds is 5. The summed E-state index contributed by atoms with van der Waals surface area (Å²) in [6.45, 7) is 0.802. The van der Waals surface area contributed by atoms with Crippen molar-refractivity contribution in [3.05, 3.63) is 22.7 Å². The maximum Gasteiger partial charge on any atom is 0.293 e. The van der Waals surface area contributed by atoms with Gasteiger partial charge in [-0.05, 0) is 39.8 Å². The highest BCUT2D eigenvalue weighted by Crippen LogP contribution is 2.34. The van der Waals surface area contributed by atoms with Crippen molar-refractivity contribution in [3.63, 3.8) is 0 Å². The van der Waals surface area contributed by atoms with Crippen molar-refractivity contribution in [2.24, 2.45) is 0 Å². The Hall–Kier alpha value is -1.36. The molecule has 110 valence electrons. The quantitative estimate of drug-likeness (QED) is 0.892. The van der Waals surface area contributed by atoms with Gasteiger partial charge < -0.3 is 14.8 Å². The van der Waals surface area contributed by atoms with Crippen LogP contribution in [0.25, 0.3) is 0 Å². The summed E-state index contributed by atoms with van der Waals surface area (Å²) < 4.78 is 1.83. The van der Waals surface area contributed by atoms with Gasteiger partial charge in [0.1, 0.15) is 0 Å². The second kappa shape index (κ2) is 5.20. The third-order valence-corrected chi connectivity index (χ3v) is 4.88. The molecule has 5 nitrogen and oxygen atoms in total. The second-order valence-corrected chi connectivity index (χ2v) is 6.40. The van der Waals surface area contributed by atoms with Crippen LogP contribution in [0.3, 0.4) is 0 Å². The van der Waals surface area contributed by atoms with Gasteiger partial charge in [-0.2, -0.15) is 0 Å². The van der Waals surface area contributed by atoms with Crippen molar-refractivity contribution in [3.8, 4) is 0 Å². The van der Waals surface area contributed by atoms with Gasteiger partial charge in [0.25, 0.3) is 5.56 Å². The monoisotopic (exact) mass is 276 g/mol. The minimum absolute atomic E-state index is 0.0295. The zero-order valence-electron chi connectivity index (χ0n) is 12.4. The fourth-order valence-electron chi connectivity index (χ4n) is 3.25. The Bertz CT molecular complexity index is 527. The highest BCUT2D eigenvalue weighted by Gasteiger charge is 2.36. The Morgan fingerprint density at radius 1 is 1.40 bits per heavy atom. The molecule has 1 N–H and O–H groups in total. The first-order chi connectivity index (χ1) is 9.62. The lowest BCUT2D eigenvalue weighted by molar-refractivity contribution is 0.172. The predicted molar refractivity (Wildman–Crippen MR) is 80.1 cm³/mol. The van der Waals surface area contributed by atoms with Crippen molar-refractivity contribution in [1.82, 2.24) is 14.5 Å². The molecule has 20 heavy (non-hydrogen) atoms. The van der Waals surface area contributed by atoms with Crippen LogP contribution < -0.4 is 10.9 Å². The van der Waals surface area contributed by atoms with Crippen molar-refractivity contribution in [2.75, 3.05) is 26.0 Å². The van der Waals surface area contributed by atoms with Crippen LogP contribution in [0.4, 0.5) is 5.82 Å². The van der Waals surface area contributed by atoms with Crippen LogP contribution >= 0.6 is 0 Å². The standard InChI is InChI=1S/C15H24N4O/c1-18(2)15(7-3-4-8-15)11-17-13-14(20)19(10-9-16-13)12-5-6-12/h9-10,12H,3-8,11H2,1-2H3,(H,16,17). The highest BCUT2D eigenvalue weighted by molar-refractivity contribution is 5.32. The van der Waals surface area contributed by atoms with Crippen LogP contribution in [-0.2, 0) is 0 Å². The number of hydrogen-bond acceptors (Lipinski definition) is 4. The van der Waals surface area contributed by atoms with Crippen molar-refractivity contribution < 1.29 is 0 Å². The molecular formula is C15H24N4O. The minimum atomic E-state index is 0.0295. The second-order valence-electron chi connectivity index (χ2n) is 6.40. The van der Waals surface area contributed by atoms with Crippen LogP contribution in [0.5, 0.6) is 0 Å². The maximum atomic E-state index is 12.4. The number of nitrogens with one attached hydrogen (secondary N) is 1. The normalized spacial score (nSPS) is 21.4. The van der Waals surface area contributed by atoms with Crippen molar-refractivity contribution in [1.29, 1.82) is 0 Å². The average molecular weight is 276 g/mol. The smallest absolute Gasteiger partial charge is 0.293 e. The maximum absolute atomic E-state index is 12.4. The van der Waals surface area contributed by atoms with Gasteiger partial charge in [0.05, 0.1) is 0 Å². The molecule has 1 heterocycles. The molecule has 2 fully saturated rings. The molecule has 2 saturated carbocycles. The van der Waals surface area contributed by atoms with E-state index in [0.717, 1.165) is 19.4 Å². The first-order valence-electron chi connectivity index (χ1n) is 7.61. The molecule has 0 saturated heterocycles. The number of anilines is 1. The molecule has 0 aromatic carbocycles. The van der Waals surface area contributed by atoms with Gasteiger partial charge in [-0.3, -0.25) is 4.79 Å². The molecule has 0 unspecified atom stereocenters. The Kier molecular flexibility index (Phi) is 3.54. The van der Waals surface area contributed by atoms with Crippen LogP contribution in [0.15, 0.2) is 17.2 Å². The molecule has 0 amide bonds. The van der Waals surface area contributed by atoms with Gasteiger partial charge in [0.2, 0.25) is 0 Å². The summed E-state index contributed by atoms with van der Waals surface area (Å²) in [5, 5.41) is 3.31. The number of aromatic nitrogens is 2. The molecule has 5 heteroatoms. The predicted octanol–water partition coefficient (Wildman–Crippen LogP) is 1.86. The van der Waals surface area contributed by atoms with E-state index in [1.165, 1.54) is 25.7 Å². The first-order valence-corrected chi connectivity index (χ1v) is 7.61. The van der Waals surface area contributed by atoms with E-state index in [1.807, 2.05) is 10.8 Å². The summed E-state index contributed by atoms with van der Waals surface area (Å²) in [6, 6.07) is 0.403. The third-order valence-electron chi connectivity index (χ3n) is 4.88. The largest absolute Gasteiger partial charge is 0.364 e.